The Morgan fingerprint density at radius 3 is 2.77 bits per heavy atom. The lowest BCUT2D eigenvalue weighted by Crippen LogP contribution is -2.41. The standard InChI is InChI=1S/C31H28N6O2/c1-21-28-15-23(10-11-29(28)36-35-21)24-14-27(18-32-17-24)39-20-26(13-22-7-3-2-4-8-22)34-31(38)16-25-19-37-12-6-5-9-30(37)33-25/h2-12,14-15,17-19,26H,13,16,20H2,1H3,(H,34,38)(H,35,36)/t26-/m0/s1. The number of nitrogens with zero attached hydrogens (tertiary/aromatic N) is 4. The number of carbonyl (C=O) groups is 1. The molecule has 1 amide bonds. The Bertz CT molecular complexity index is 1710. The second-order valence-electron chi connectivity index (χ2n) is 9.63. The van der Waals surface area contributed by atoms with Crippen LogP contribution < -0.4 is 10.1 Å². The summed E-state index contributed by atoms with van der Waals surface area (Å²) < 4.78 is 8.10. The third-order valence-corrected chi connectivity index (χ3v) is 6.69. The molecule has 0 saturated carbocycles. The van der Waals surface area contributed by atoms with Crippen molar-refractivity contribution in [3.8, 4) is 16.9 Å². The normalized spacial score (nSPS) is 12.0. The fourth-order valence-electron chi connectivity index (χ4n) is 4.74. The minimum atomic E-state index is -0.231. The van der Waals surface area contributed by atoms with Gasteiger partial charge in [0.2, 0.25) is 5.91 Å². The number of aromatic nitrogens is 5. The number of fused-ring (bicyclic) bond motifs is 2. The van der Waals surface area contributed by atoms with Crippen molar-refractivity contribution in [1.82, 2.24) is 29.9 Å². The van der Waals surface area contributed by atoms with Gasteiger partial charge >= 0.3 is 0 Å². The molecule has 0 saturated heterocycles. The third kappa shape index (κ3) is 5.65. The molecule has 0 bridgehead atoms. The minimum absolute atomic E-state index is 0.0985. The Morgan fingerprint density at radius 2 is 1.90 bits per heavy atom. The quantitative estimate of drug-likeness (QED) is 0.284. The zero-order chi connectivity index (χ0) is 26.6. The van der Waals surface area contributed by atoms with E-state index in [1.807, 2.05) is 84.5 Å². The topological polar surface area (TPSA) is 97.2 Å². The molecule has 2 aromatic carbocycles. The maximum atomic E-state index is 13.0. The highest BCUT2D eigenvalue weighted by molar-refractivity contribution is 5.86. The molecule has 0 radical (unpaired) electrons. The van der Waals surface area contributed by atoms with E-state index in [4.69, 9.17) is 4.74 Å². The number of aryl methyl sites for hydroxylation is 1. The molecule has 0 spiro atoms. The van der Waals surface area contributed by atoms with Crippen LogP contribution in [0.4, 0.5) is 0 Å². The molecule has 0 aliphatic carbocycles. The molecule has 39 heavy (non-hydrogen) atoms. The van der Waals surface area contributed by atoms with Crippen LogP contribution >= 0.6 is 0 Å². The highest BCUT2D eigenvalue weighted by Crippen LogP contribution is 2.27. The number of carbonyl (C=O) groups excluding carboxylic acids is 1. The molecule has 0 aliphatic rings. The molecule has 0 aliphatic heterocycles. The highest BCUT2D eigenvalue weighted by atomic mass is 16.5. The van der Waals surface area contributed by atoms with Gasteiger partial charge in [-0.2, -0.15) is 5.10 Å². The number of hydrogen-bond donors (Lipinski definition) is 2. The van der Waals surface area contributed by atoms with Gasteiger partial charge in [0.15, 0.2) is 0 Å². The van der Waals surface area contributed by atoms with Crippen molar-refractivity contribution in [3.05, 3.63) is 115 Å². The maximum absolute atomic E-state index is 13.0. The average Bonchev–Trinajstić information content (AvgIpc) is 3.54. The van der Waals surface area contributed by atoms with Crippen LogP contribution in [0, 0.1) is 6.92 Å². The van der Waals surface area contributed by atoms with E-state index in [9.17, 15) is 4.79 Å². The van der Waals surface area contributed by atoms with E-state index in [1.54, 1.807) is 6.20 Å². The highest BCUT2D eigenvalue weighted by Gasteiger charge is 2.16. The maximum Gasteiger partial charge on any atom is 0.226 e. The molecule has 0 fully saturated rings. The van der Waals surface area contributed by atoms with Crippen LogP contribution in [-0.4, -0.2) is 43.1 Å². The van der Waals surface area contributed by atoms with Crippen molar-refractivity contribution in [2.75, 3.05) is 6.61 Å². The lowest BCUT2D eigenvalue weighted by atomic mass is 10.0. The van der Waals surface area contributed by atoms with Gasteiger partial charge in [-0.1, -0.05) is 42.5 Å². The molecule has 8 nitrogen and oxygen atoms in total. The summed E-state index contributed by atoms with van der Waals surface area (Å²) in [7, 11) is 0. The first kappa shape index (κ1) is 24.4. The molecule has 6 aromatic rings. The van der Waals surface area contributed by atoms with Crippen LogP contribution in [0.3, 0.4) is 0 Å². The number of nitrogens with one attached hydrogen (secondary N) is 2. The first-order chi connectivity index (χ1) is 19.1. The Labute approximate surface area is 225 Å². The van der Waals surface area contributed by atoms with Gasteiger partial charge in [0.05, 0.1) is 29.9 Å². The molecule has 8 heteroatoms. The van der Waals surface area contributed by atoms with Crippen LogP contribution in [0.2, 0.25) is 0 Å². The number of amides is 1. The Balaban J connectivity index is 1.16. The second-order valence-corrected chi connectivity index (χ2v) is 9.63. The Morgan fingerprint density at radius 1 is 1.03 bits per heavy atom. The number of pyridine rings is 2. The predicted octanol–water partition coefficient (Wildman–Crippen LogP) is 4.93. The second kappa shape index (κ2) is 10.8. The number of aromatic amines is 1. The number of ether oxygens (including phenoxy) is 1. The van der Waals surface area contributed by atoms with Gasteiger partial charge in [-0.25, -0.2) is 4.98 Å². The summed E-state index contributed by atoms with van der Waals surface area (Å²) in [5.74, 6) is 0.544. The van der Waals surface area contributed by atoms with E-state index in [-0.39, 0.29) is 18.4 Å². The van der Waals surface area contributed by atoms with Crippen LogP contribution in [0.25, 0.3) is 27.7 Å². The van der Waals surface area contributed by atoms with Gasteiger partial charge in [0, 0.05) is 35.2 Å². The van der Waals surface area contributed by atoms with Crippen molar-refractivity contribution in [2.24, 2.45) is 0 Å². The SMILES string of the molecule is Cc1[nH]nc2ccc(-c3cncc(OC[C@H](Cc4ccccc4)NC(=O)Cc4cn5ccccc5n4)c3)cc12. The fourth-order valence-corrected chi connectivity index (χ4v) is 4.74. The molecule has 0 unspecified atom stereocenters. The molecular weight excluding hydrogens is 488 g/mol. The molecule has 4 aromatic heterocycles. The minimum Gasteiger partial charge on any atom is -0.490 e. The summed E-state index contributed by atoms with van der Waals surface area (Å²) in [6, 6.07) is 23.7. The van der Waals surface area contributed by atoms with E-state index < -0.39 is 0 Å². The van der Waals surface area contributed by atoms with Crippen molar-refractivity contribution in [2.45, 2.75) is 25.8 Å². The number of imidazole rings is 1. The molecule has 6 rings (SSSR count). The lowest BCUT2D eigenvalue weighted by Gasteiger charge is -2.20. The van der Waals surface area contributed by atoms with Crippen LogP contribution in [-0.2, 0) is 17.6 Å². The Kier molecular flexibility index (Phi) is 6.74. The zero-order valence-corrected chi connectivity index (χ0v) is 21.5. The molecular formula is C31H28N6O2. The van der Waals surface area contributed by atoms with Crippen LogP contribution in [0.1, 0.15) is 17.0 Å². The van der Waals surface area contributed by atoms with Crippen molar-refractivity contribution in [1.29, 1.82) is 0 Å². The number of H-pyrrole nitrogens is 1. The number of benzene rings is 2. The van der Waals surface area contributed by atoms with E-state index in [0.29, 0.717) is 18.8 Å². The van der Waals surface area contributed by atoms with Crippen LogP contribution in [0.15, 0.2) is 97.6 Å². The lowest BCUT2D eigenvalue weighted by molar-refractivity contribution is -0.121. The summed E-state index contributed by atoms with van der Waals surface area (Å²) in [6.45, 7) is 2.31. The van der Waals surface area contributed by atoms with Gasteiger partial charge in [0.1, 0.15) is 18.0 Å². The monoisotopic (exact) mass is 516 g/mol. The van der Waals surface area contributed by atoms with Gasteiger partial charge < -0.3 is 14.5 Å². The summed E-state index contributed by atoms with van der Waals surface area (Å²) in [5.41, 5.74) is 6.60. The molecule has 194 valence electrons. The zero-order valence-electron chi connectivity index (χ0n) is 21.5. The van der Waals surface area contributed by atoms with E-state index in [1.165, 1.54) is 0 Å². The van der Waals surface area contributed by atoms with Crippen molar-refractivity contribution >= 4 is 22.5 Å². The van der Waals surface area contributed by atoms with E-state index >= 15 is 0 Å². The van der Waals surface area contributed by atoms with Crippen molar-refractivity contribution in [3.63, 3.8) is 0 Å². The smallest absolute Gasteiger partial charge is 0.226 e. The van der Waals surface area contributed by atoms with E-state index in [2.05, 4.69) is 43.7 Å². The fraction of sp³-hybridized carbons (Fsp3) is 0.161. The van der Waals surface area contributed by atoms with Gasteiger partial charge in [-0.3, -0.25) is 14.9 Å². The average molecular weight is 517 g/mol. The molecule has 1 atom stereocenters. The summed E-state index contributed by atoms with van der Waals surface area (Å²) >= 11 is 0. The van der Waals surface area contributed by atoms with E-state index in [0.717, 1.165) is 44.6 Å². The number of rotatable bonds is 9. The Hall–Kier alpha value is -4.98. The summed E-state index contributed by atoms with van der Waals surface area (Å²) in [6.07, 6.45) is 8.16. The predicted molar refractivity (Wildman–Crippen MR) is 151 cm³/mol. The summed E-state index contributed by atoms with van der Waals surface area (Å²) in [4.78, 5) is 22.0. The molecule has 4 heterocycles. The first-order valence-corrected chi connectivity index (χ1v) is 12.9. The third-order valence-electron chi connectivity index (χ3n) is 6.69. The number of hydrogen-bond acceptors (Lipinski definition) is 5. The van der Waals surface area contributed by atoms with Crippen molar-refractivity contribution < 1.29 is 9.53 Å². The molecule has 2 N–H and O–H groups in total. The van der Waals surface area contributed by atoms with Gasteiger partial charge in [-0.15, -0.1) is 0 Å². The summed E-state index contributed by atoms with van der Waals surface area (Å²) in [5, 5.41) is 11.6. The van der Waals surface area contributed by atoms with Gasteiger partial charge in [-0.05, 0) is 54.8 Å². The first-order valence-electron chi connectivity index (χ1n) is 12.9. The van der Waals surface area contributed by atoms with Gasteiger partial charge in [0.25, 0.3) is 0 Å². The largest absolute Gasteiger partial charge is 0.490 e. The van der Waals surface area contributed by atoms with Crippen LogP contribution in [0.5, 0.6) is 5.75 Å².